The van der Waals surface area contributed by atoms with Crippen LogP contribution in [0.3, 0.4) is 0 Å². The lowest BCUT2D eigenvalue weighted by molar-refractivity contribution is 0.243. The van der Waals surface area contributed by atoms with Gasteiger partial charge in [0, 0.05) is 36.8 Å². The molecule has 26 heavy (non-hydrogen) atoms. The van der Waals surface area contributed by atoms with Crippen molar-refractivity contribution >= 4 is 12.4 Å². The molecule has 0 aliphatic heterocycles. The minimum Gasteiger partial charge on any atom is -0.507 e. The minimum atomic E-state index is -0.367. The molecule has 6 nitrogen and oxygen atoms in total. The molecule has 2 unspecified atom stereocenters. The molecule has 2 aromatic rings. The van der Waals surface area contributed by atoms with Crippen LogP contribution in [0.1, 0.15) is 24.0 Å². The van der Waals surface area contributed by atoms with Gasteiger partial charge in [0.05, 0.1) is 12.1 Å². The molecular formula is C20H24N2O4. The van der Waals surface area contributed by atoms with Crippen molar-refractivity contribution in [1.29, 1.82) is 0 Å². The summed E-state index contributed by atoms with van der Waals surface area (Å²) in [5, 5.41) is 38.4. The molecule has 0 amide bonds. The molecule has 6 heteroatoms. The van der Waals surface area contributed by atoms with E-state index in [1.165, 1.54) is 0 Å². The number of rotatable bonds is 9. The minimum absolute atomic E-state index is 0.0726. The molecule has 0 aliphatic rings. The molecule has 0 saturated carbocycles. The van der Waals surface area contributed by atoms with E-state index in [9.17, 15) is 20.4 Å². The SMILES string of the molecule is OCCC(N=Cc1ccccc1O)C(CCO)N=Cc1ccccc1O. The van der Waals surface area contributed by atoms with E-state index < -0.39 is 0 Å². The van der Waals surface area contributed by atoms with Crippen LogP contribution >= 0.6 is 0 Å². The zero-order valence-corrected chi connectivity index (χ0v) is 14.4. The fraction of sp³-hybridized carbons (Fsp3) is 0.300. The van der Waals surface area contributed by atoms with Crippen molar-refractivity contribution in [3.05, 3.63) is 59.7 Å². The van der Waals surface area contributed by atoms with Crippen molar-refractivity contribution in [3.63, 3.8) is 0 Å². The number of aromatic hydroxyl groups is 2. The zero-order chi connectivity index (χ0) is 18.8. The Balaban J connectivity index is 2.22. The lowest BCUT2D eigenvalue weighted by Crippen LogP contribution is -2.25. The molecule has 0 fully saturated rings. The van der Waals surface area contributed by atoms with Gasteiger partial charge in [-0.1, -0.05) is 24.3 Å². The van der Waals surface area contributed by atoms with Crippen LogP contribution in [0.4, 0.5) is 0 Å². The van der Waals surface area contributed by atoms with Crippen molar-refractivity contribution in [2.45, 2.75) is 24.9 Å². The van der Waals surface area contributed by atoms with Gasteiger partial charge in [0.1, 0.15) is 11.5 Å². The van der Waals surface area contributed by atoms with E-state index >= 15 is 0 Å². The third-order valence-electron chi connectivity index (χ3n) is 3.98. The summed E-state index contributed by atoms with van der Waals surface area (Å²) in [6, 6.07) is 12.9. The lowest BCUT2D eigenvalue weighted by atomic mass is 10.0. The zero-order valence-electron chi connectivity index (χ0n) is 14.4. The van der Waals surface area contributed by atoms with Crippen molar-refractivity contribution in [2.24, 2.45) is 9.98 Å². The third kappa shape index (κ3) is 5.68. The van der Waals surface area contributed by atoms with Crippen LogP contribution in [0.2, 0.25) is 0 Å². The van der Waals surface area contributed by atoms with Gasteiger partial charge in [0.25, 0.3) is 0 Å². The van der Waals surface area contributed by atoms with Gasteiger partial charge in [-0.25, -0.2) is 0 Å². The van der Waals surface area contributed by atoms with E-state index in [-0.39, 0.29) is 36.8 Å². The summed E-state index contributed by atoms with van der Waals surface area (Å²) in [5.41, 5.74) is 1.14. The van der Waals surface area contributed by atoms with Crippen LogP contribution in [0.5, 0.6) is 11.5 Å². The number of aliphatic hydroxyl groups excluding tert-OH is 2. The summed E-state index contributed by atoms with van der Waals surface area (Å²) in [5.74, 6) is 0.242. The van der Waals surface area contributed by atoms with Crippen LogP contribution in [0.15, 0.2) is 58.5 Å². The highest BCUT2D eigenvalue weighted by molar-refractivity contribution is 5.84. The Morgan fingerprint density at radius 1 is 0.692 bits per heavy atom. The molecule has 0 bridgehead atoms. The summed E-state index contributed by atoms with van der Waals surface area (Å²) in [6.45, 7) is -0.145. The Hall–Kier alpha value is -2.70. The number of phenols is 2. The topological polar surface area (TPSA) is 106 Å². The van der Waals surface area contributed by atoms with Gasteiger partial charge < -0.3 is 20.4 Å². The molecule has 0 heterocycles. The highest BCUT2D eigenvalue weighted by Crippen LogP contribution is 2.18. The van der Waals surface area contributed by atoms with Gasteiger partial charge in [0.2, 0.25) is 0 Å². The monoisotopic (exact) mass is 356 g/mol. The Bertz CT molecular complexity index is 683. The first-order valence-electron chi connectivity index (χ1n) is 8.49. The van der Waals surface area contributed by atoms with E-state index in [1.807, 2.05) is 0 Å². The number of hydrogen-bond donors (Lipinski definition) is 4. The Labute approximate surface area is 152 Å². The summed E-state index contributed by atoms with van der Waals surface area (Å²) < 4.78 is 0. The molecule has 2 rings (SSSR count). The van der Waals surface area contributed by atoms with Gasteiger partial charge >= 0.3 is 0 Å². The largest absolute Gasteiger partial charge is 0.507 e. The first-order valence-corrected chi connectivity index (χ1v) is 8.49. The van der Waals surface area contributed by atoms with Gasteiger partial charge in [-0.05, 0) is 37.1 Å². The van der Waals surface area contributed by atoms with E-state index in [1.54, 1.807) is 61.0 Å². The van der Waals surface area contributed by atoms with Gasteiger partial charge in [-0.3, -0.25) is 9.98 Å². The van der Waals surface area contributed by atoms with Gasteiger partial charge in [0.15, 0.2) is 0 Å². The molecule has 4 N–H and O–H groups in total. The van der Waals surface area contributed by atoms with Crippen LogP contribution < -0.4 is 0 Å². The number of hydrogen-bond acceptors (Lipinski definition) is 6. The Morgan fingerprint density at radius 3 is 1.42 bits per heavy atom. The summed E-state index contributed by atoms with van der Waals surface area (Å²) in [4.78, 5) is 8.93. The molecule has 0 aliphatic carbocycles. The van der Waals surface area contributed by atoms with Crippen molar-refractivity contribution in [2.75, 3.05) is 13.2 Å². The third-order valence-corrected chi connectivity index (χ3v) is 3.98. The van der Waals surface area contributed by atoms with E-state index in [4.69, 9.17) is 0 Å². The van der Waals surface area contributed by atoms with Crippen molar-refractivity contribution in [3.8, 4) is 11.5 Å². The molecule has 0 aromatic heterocycles. The van der Waals surface area contributed by atoms with E-state index in [0.717, 1.165) is 0 Å². The predicted octanol–water partition coefficient (Wildman–Crippen LogP) is 2.14. The second-order valence-corrected chi connectivity index (χ2v) is 5.83. The number of aliphatic hydroxyl groups is 2. The summed E-state index contributed by atoms with van der Waals surface area (Å²) in [7, 11) is 0. The van der Waals surface area contributed by atoms with Crippen molar-refractivity contribution < 1.29 is 20.4 Å². The maximum absolute atomic E-state index is 9.84. The molecule has 2 atom stereocenters. The van der Waals surface area contributed by atoms with Crippen molar-refractivity contribution in [1.82, 2.24) is 0 Å². The van der Waals surface area contributed by atoms with Crippen LogP contribution in [0.25, 0.3) is 0 Å². The average molecular weight is 356 g/mol. The Morgan fingerprint density at radius 2 is 1.08 bits per heavy atom. The number of aliphatic imine (C=N–C) groups is 2. The number of para-hydroxylation sites is 2. The first kappa shape index (κ1) is 19.6. The molecule has 138 valence electrons. The average Bonchev–Trinajstić information content (AvgIpc) is 2.64. The van der Waals surface area contributed by atoms with Crippen LogP contribution in [-0.2, 0) is 0 Å². The van der Waals surface area contributed by atoms with E-state index in [2.05, 4.69) is 9.98 Å². The fourth-order valence-electron chi connectivity index (χ4n) is 2.54. The number of nitrogens with zero attached hydrogens (tertiary/aromatic N) is 2. The second kappa shape index (κ2) is 10.3. The second-order valence-electron chi connectivity index (χ2n) is 5.83. The Kier molecular flexibility index (Phi) is 7.79. The quantitative estimate of drug-likeness (QED) is 0.517. The smallest absolute Gasteiger partial charge is 0.124 e. The maximum Gasteiger partial charge on any atom is 0.124 e. The van der Waals surface area contributed by atoms with E-state index in [0.29, 0.717) is 24.0 Å². The first-order chi connectivity index (χ1) is 12.7. The van der Waals surface area contributed by atoms with Crippen LogP contribution in [0, 0.1) is 0 Å². The van der Waals surface area contributed by atoms with Gasteiger partial charge in [-0.2, -0.15) is 0 Å². The molecule has 2 aromatic carbocycles. The number of phenolic OH excluding ortho intramolecular Hbond substituents is 2. The fourth-order valence-corrected chi connectivity index (χ4v) is 2.54. The summed E-state index contributed by atoms with van der Waals surface area (Å²) >= 11 is 0. The van der Waals surface area contributed by atoms with Gasteiger partial charge in [-0.15, -0.1) is 0 Å². The standard InChI is InChI=1S/C20H24N2O4/c23-11-9-17(21-13-15-5-1-3-7-19(15)25)18(10-12-24)22-14-16-6-2-4-8-20(16)26/h1-8,13-14,17-18,23-26H,9-12H2. The normalized spacial score (nSPS) is 14.1. The molecule has 0 spiro atoms. The summed E-state index contributed by atoms with van der Waals surface area (Å²) in [6.07, 6.45) is 3.84. The number of benzene rings is 2. The van der Waals surface area contributed by atoms with Crippen LogP contribution in [-0.4, -0.2) is 58.2 Å². The molecule has 0 saturated heterocycles. The highest BCUT2D eigenvalue weighted by Gasteiger charge is 2.19. The predicted molar refractivity (Wildman–Crippen MR) is 102 cm³/mol. The molecular weight excluding hydrogens is 332 g/mol. The highest BCUT2D eigenvalue weighted by atomic mass is 16.3. The maximum atomic E-state index is 9.84. The lowest BCUT2D eigenvalue weighted by Gasteiger charge is -2.19. The molecule has 0 radical (unpaired) electrons.